The number of nitrogens with zero attached hydrogens (tertiary/aromatic N) is 3. The highest BCUT2D eigenvalue weighted by Gasteiger charge is 2.17. The van der Waals surface area contributed by atoms with Crippen molar-refractivity contribution in [3.63, 3.8) is 0 Å². The Balaban J connectivity index is 1.37. The van der Waals surface area contributed by atoms with Crippen LogP contribution in [-0.2, 0) is 17.8 Å². The van der Waals surface area contributed by atoms with Crippen molar-refractivity contribution in [1.29, 1.82) is 0 Å². The topological polar surface area (TPSA) is 110 Å². The molecular weight excluding hydrogens is 370 g/mol. The Labute approximate surface area is 166 Å². The summed E-state index contributed by atoms with van der Waals surface area (Å²) in [5.74, 6) is -0.865. The second-order valence-corrected chi connectivity index (χ2v) is 6.28. The number of anilines is 1. The normalized spacial score (nSPS) is 10.6. The molecule has 4 rings (SSSR count). The van der Waals surface area contributed by atoms with Gasteiger partial charge in [0.1, 0.15) is 0 Å². The van der Waals surface area contributed by atoms with Crippen LogP contribution in [-0.4, -0.2) is 26.9 Å². The zero-order valence-electron chi connectivity index (χ0n) is 15.3. The van der Waals surface area contributed by atoms with E-state index in [1.807, 2.05) is 48.5 Å². The first kappa shape index (κ1) is 18.3. The molecule has 0 radical (unpaired) electrons. The van der Waals surface area contributed by atoms with Crippen LogP contribution in [0.1, 0.15) is 22.1 Å². The predicted octanol–water partition coefficient (Wildman–Crippen LogP) is 2.73. The minimum Gasteiger partial charge on any atom is -0.344 e. The van der Waals surface area contributed by atoms with Crippen LogP contribution in [0.5, 0.6) is 0 Å². The smallest absolute Gasteiger partial charge is 0.315 e. The van der Waals surface area contributed by atoms with Gasteiger partial charge in [-0.1, -0.05) is 41.6 Å². The molecule has 0 unspecified atom stereocenters. The Morgan fingerprint density at radius 2 is 1.83 bits per heavy atom. The van der Waals surface area contributed by atoms with Crippen molar-refractivity contribution >= 4 is 28.4 Å². The standard InChI is InChI=1S/C21H17N5O3/c27-19(24-17-10-4-9-16-15(17)8-5-11-22-16)12-18-25-21(29-26-18)20(28)23-13-14-6-2-1-3-7-14/h1-11H,12-13H2,(H,23,28)(H,24,27). The van der Waals surface area contributed by atoms with E-state index in [1.165, 1.54) is 0 Å². The maximum Gasteiger partial charge on any atom is 0.315 e. The van der Waals surface area contributed by atoms with Crippen molar-refractivity contribution < 1.29 is 14.1 Å². The zero-order chi connectivity index (χ0) is 20.1. The van der Waals surface area contributed by atoms with Gasteiger partial charge in [0, 0.05) is 18.1 Å². The number of rotatable bonds is 6. The number of nitrogens with one attached hydrogen (secondary N) is 2. The molecule has 0 fully saturated rings. The first-order valence-electron chi connectivity index (χ1n) is 8.97. The van der Waals surface area contributed by atoms with Gasteiger partial charge in [-0.05, 0) is 29.8 Å². The summed E-state index contributed by atoms with van der Waals surface area (Å²) >= 11 is 0. The number of pyridine rings is 1. The molecule has 2 amide bonds. The third kappa shape index (κ3) is 4.44. The quantitative estimate of drug-likeness (QED) is 0.526. The van der Waals surface area contributed by atoms with Crippen molar-refractivity contribution in [3.05, 3.63) is 84.1 Å². The van der Waals surface area contributed by atoms with E-state index in [4.69, 9.17) is 4.52 Å². The van der Waals surface area contributed by atoms with Gasteiger partial charge in [0.05, 0.1) is 17.6 Å². The first-order chi connectivity index (χ1) is 14.2. The van der Waals surface area contributed by atoms with E-state index in [9.17, 15) is 9.59 Å². The van der Waals surface area contributed by atoms with Crippen LogP contribution in [0.15, 0.2) is 71.4 Å². The molecule has 2 heterocycles. The second-order valence-electron chi connectivity index (χ2n) is 6.28. The average molecular weight is 387 g/mol. The van der Waals surface area contributed by atoms with Gasteiger partial charge in [-0.15, -0.1) is 0 Å². The van der Waals surface area contributed by atoms with E-state index in [1.54, 1.807) is 18.3 Å². The van der Waals surface area contributed by atoms with Crippen LogP contribution >= 0.6 is 0 Å². The van der Waals surface area contributed by atoms with E-state index in [0.717, 1.165) is 16.5 Å². The van der Waals surface area contributed by atoms with E-state index in [2.05, 4.69) is 25.8 Å². The summed E-state index contributed by atoms with van der Waals surface area (Å²) in [5, 5.41) is 10.1. The van der Waals surface area contributed by atoms with Crippen molar-refractivity contribution in [1.82, 2.24) is 20.4 Å². The minimum atomic E-state index is -0.492. The van der Waals surface area contributed by atoms with E-state index < -0.39 is 5.91 Å². The van der Waals surface area contributed by atoms with Gasteiger partial charge in [-0.2, -0.15) is 4.98 Å². The van der Waals surface area contributed by atoms with Gasteiger partial charge < -0.3 is 15.2 Å². The molecule has 8 nitrogen and oxygen atoms in total. The number of carbonyl (C=O) groups is 2. The van der Waals surface area contributed by atoms with Gasteiger partial charge in [0.25, 0.3) is 0 Å². The van der Waals surface area contributed by atoms with Crippen LogP contribution in [0, 0.1) is 0 Å². The Hall–Kier alpha value is -4.07. The molecule has 0 saturated heterocycles. The molecular formula is C21H17N5O3. The summed E-state index contributed by atoms with van der Waals surface area (Å²) in [7, 11) is 0. The molecule has 0 spiro atoms. The molecule has 0 atom stereocenters. The largest absolute Gasteiger partial charge is 0.344 e. The Bertz CT molecular complexity index is 1150. The molecule has 0 aliphatic rings. The van der Waals surface area contributed by atoms with Gasteiger partial charge in [-0.3, -0.25) is 14.6 Å². The fourth-order valence-corrected chi connectivity index (χ4v) is 2.82. The summed E-state index contributed by atoms with van der Waals surface area (Å²) in [6.45, 7) is 0.340. The molecule has 8 heteroatoms. The molecule has 144 valence electrons. The Morgan fingerprint density at radius 1 is 0.966 bits per heavy atom. The Morgan fingerprint density at radius 3 is 2.69 bits per heavy atom. The lowest BCUT2D eigenvalue weighted by molar-refractivity contribution is -0.115. The molecule has 0 aliphatic carbocycles. The fourth-order valence-electron chi connectivity index (χ4n) is 2.82. The van der Waals surface area contributed by atoms with Crippen molar-refractivity contribution in [2.45, 2.75) is 13.0 Å². The second kappa shape index (κ2) is 8.30. The molecule has 29 heavy (non-hydrogen) atoms. The molecule has 0 aliphatic heterocycles. The number of hydrogen-bond donors (Lipinski definition) is 2. The maximum atomic E-state index is 12.4. The monoisotopic (exact) mass is 387 g/mol. The van der Waals surface area contributed by atoms with Gasteiger partial charge in [0.15, 0.2) is 5.82 Å². The van der Waals surface area contributed by atoms with Crippen LogP contribution in [0.3, 0.4) is 0 Å². The fraction of sp³-hybridized carbons (Fsp3) is 0.0952. The maximum absolute atomic E-state index is 12.4. The molecule has 0 bridgehead atoms. The molecule has 0 saturated carbocycles. The van der Waals surface area contributed by atoms with Gasteiger partial charge >= 0.3 is 11.8 Å². The van der Waals surface area contributed by atoms with E-state index in [0.29, 0.717) is 12.2 Å². The predicted molar refractivity (Wildman–Crippen MR) is 106 cm³/mol. The zero-order valence-corrected chi connectivity index (χ0v) is 15.3. The van der Waals surface area contributed by atoms with Crippen LogP contribution in [0.2, 0.25) is 0 Å². The third-order valence-electron chi connectivity index (χ3n) is 4.20. The minimum absolute atomic E-state index is 0.119. The van der Waals surface area contributed by atoms with E-state index in [-0.39, 0.29) is 24.0 Å². The number of benzene rings is 2. The van der Waals surface area contributed by atoms with Crippen LogP contribution in [0.25, 0.3) is 10.9 Å². The summed E-state index contributed by atoms with van der Waals surface area (Å²) in [5.41, 5.74) is 2.37. The number of fused-ring (bicyclic) bond motifs is 1. The third-order valence-corrected chi connectivity index (χ3v) is 4.20. The Kier molecular flexibility index (Phi) is 5.24. The van der Waals surface area contributed by atoms with Crippen molar-refractivity contribution in [2.24, 2.45) is 0 Å². The number of hydrogen-bond acceptors (Lipinski definition) is 6. The lowest BCUT2D eigenvalue weighted by atomic mass is 10.2. The summed E-state index contributed by atoms with van der Waals surface area (Å²) < 4.78 is 4.97. The van der Waals surface area contributed by atoms with Crippen molar-refractivity contribution in [2.75, 3.05) is 5.32 Å². The highest BCUT2D eigenvalue weighted by Crippen LogP contribution is 2.21. The highest BCUT2D eigenvalue weighted by molar-refractivity contribution is 6.01. The number of amides is 2. The number of carbonyl (C=O) groups excluding carboxylic acids is 2. The summed E-state index contributed by atoms with van der Waals surface area (Å²) in [6.07, 6.45) is 1.57. The van der Waals surface area contributed by atoms with Crippen LogP contribution in [0.4, 0.5) is 5.69 Å². The van der Waals surface area contributed by atoms with Gasteiger partial charge in [0.2, 0.25) is 5.91 Å². The van der Waals surface area contributed by atoms with Crippen LogP contribution < -0.4 is 10.6 Å². The van der Waals surface area contributed by atoms with Gasteiger partial charge in [-0.25, -0.2) is 0 Å². The van der Waals surface area contributed by atoms with E-state index >= 15 is 0 Å². The lowest BCUT2D eigenvalue weighted by Crippen LogP contribution is -2.23. The number of aromatic nitrogens is 3. The average Bonchev–Trinajstić information content (AvgIpc) is 3.21. The summed E-state index contributed by atoms with van der Waals surface area (Å²) in [4.78, 5) is 32.8. The molecule has 2 N–H and O–H groups in total. The molecule has 4 aromatic rings. The van der Waals surface area contributed by atoms with Crippen molar-refractivity contribution in [3.8, 4) is 0 Å². The first-order valence-corrected chi connectivity index (χ1v) is 8.97. The molecule has 2 aromatic carbocycles. The molecule has 2 aromatic heterocycles. The lowest BCUT2D eigenvalue weighted by Gasteiger charge is -2.07. The SMILES string of the molecule is O=C(Cc1noc(C(=O)NCc2ccccc2)n1)Nc1cccc2ncccc12. The summed E-state index contributed by atoms with van der Waals surface area (Å²) in [6, 6.07) is 18.6. The highest BCUT2D eigenvalue weighted by atomic mass is 16.5.